The maximum atomic E-state index is 13.4. The predicted molar refractivity (Wildman–Crippen MR) is 115 cm³/mol. The molecule has 30 heavy (non-hydrogen) atoms. The molecule has 3 aromatic rings. The van der Waals surface area contributed by atoms with E-state index in [1.54, 1.807) is 23.5 Å². The highest BCUT2D eigenvalue weighted by Crippen LogP contribution is 2.28. The molecule has 1 aliphatic carbocycles. The van der Waals surface area contributed by atoms with Crippen LogP contribution in [0.5, 0.6) is 0 Å². The van der Waals surface area contributed by atoms with Gasteiger partial charge < -0.3 is 9.80 Å². The molecular formula is C22H24FN5OS. The SMILES string of the molecule is O=C(c1nn(-c2ccc(F)cc2)c2c1CCCCC2)N1CCN(c2nccs2)CC1. The molecule has 0 unspecified atom stereocenters. The number of hydrogen-bond acceptors (Lipinski definition) is 5. The summed E-state index contributed by atoms with van der Waals surface area (Å²) in [5.41, 5.74) is 3.55. The zero-order valence-electron chi connectivity index (χ0n) is 16.8. The standard InChI is InChI=1S/C22H24FN5OS/c23-16-6-8-17(9-7-16)28-19-5-3-1-2-4-18(19)20(25-28)21(29)26-11-13-27(14-12-26)22-24-10-15-30-22/h6-10,15H,1-5,11-14H2. The summed E-state index contributed by atoms with van der Waals surface area (Å²) in [6.07, 6.45) is 6.88. The molecule has 0 bridgehead atoms. The molecular weight excluding hydrogens is 401 g/mol. The second-order valence-corrected chi connectivity index (χ2v) is 8.69. The third-order valence-corrected chi connectivity index (χ3v) is 6.79. The molecule has 0 spiro atoms. The molecule has 2 aromatic heterocycles. The van der Waals surface area contributed by atoms with E-state index in [-0.39, 0.29) is 11.7 Å². The van der Waals surface area contributed by atoms with Gasteiger partial charge in [0.2, 0.25) is 0 Å². The molecule has 0 radical (unpaired) electrons. The van der Waals surface area contributed by atoms with Crippen molar-refractivity contribution >= 4 is 22.4 Å². The van der Waals surface area contributed by atoms with E-state index in [0.29, 0.717) is 18.8 Å². The maximum absolute atomic E-state index is 13.4. The van der Waals surface area contributed by atoms with E-state index in [4.69, 9.17) is 5.10 Å². The number of hydrogen-bond donors (Lipinski definition) is 0. The van der Waals surface area contributed by atoms with E-state index in [1.807, 2.05) is 21.2 Å². The number of anilines is 1. The molecule has 1 saturated heterocycles. The molecule has 8 heteroatoms. The van der Waals surface area contributed by atoms with Crippen LogP contribution < -0.4 is 4.90 Å². The first-order valence-electron chi connectivity index (χ1n) is 10.5. The van der Waals surface area contributed by atoms with Crippen LogP contribution >= 0.6 is 11.3 Å². The topological polar surface area (TPSA) is 54.3 Å². The normalized spacial score (nSPS) is 17.0. The molecule has 2 aliphatic rings. The van der Waals surface area contributed by atoms with Gasteiger partial charge >= 0.3 is 0 Å². The number of amides is 1. The molecule has 5 rings (SSSR count). The second kappa shape index (κ2) is 8.18. The van der Waals surface area contributed by atoms with Gasteiger partial charge in [0, 0.05) is 49.0 Å². The largest absolute Gasteiger partial charge is 0.345 e. The summed E-state index contributed by atoms with van der Waals surface area (Å²) in [7, 11) is 0. The van der Waals surface area contributed by atoms with Crippen molar-refractivity contribution in [2.45, 2.75) is 32.1 Å². The van der Waals surface area contributed by atoms with Crippen LogP contribution in [-0.2, 0) is 12.8 Å². The summed E-state index contributed by atoms with van der Waals surface area (Å²) in [6, 6.07) is 6.35. The first-order valence-corrected chi connectivity index (χ1v) is 11.4. The summed E-state index contributed by atoms with van der Waals surface area (Å²) in [4.78, 5) is 21.9. The minimum absolute atomic E-state index is 0.00722. The van der Waals surface area contributed by atoms with Crippen molar-refractivity contribution in [3.8, 4) is 5.69 Å². The van der Waals surface area contributed by atoms with Crippen molar-refractivity contribution < 1.29 is 9.18 Å². The van der Waals surface area contributed by atoms with Gasteiger partial charge in [-0.1, -0.05) is 6.42 Å². The van der Waals surface area contributed by atoms with Gasteiger partial charge in [0.1, 0.15) is 5.82 Å². The monoisotopic (exact) mass is 425 g/mol. The molecule has 3 heterocycles. The van der Waals surface area contributed by atoms with E-state index < -0.39 is 0 Å². The number of nitrogens with zero attached hydrogens (tertiary/aromatic N) is 5. The lowest BCUT2D eigenvalue weighted by molar-refractivity contribution is 0.0739. The summed E-state index contributed by atoms with van der Waals surface area (Å²) in [5, 5.41) is 7.74. The second-order valence-electron chi connectivity index (χ2n) is 7.82. The predicted octanol–water partition coefficient (Wildman–Crippen LogP) is 3.70. The Balaban J connectivity index is 1.42. The minimum Gasteiger partial charge on any atom is -0.345 e. The Morgan fingerprint density at radius 2 is 1.77 bits per heavy atom. The Bertz CT molecular complexity index is 1020. The van der Waals surface area contributed by atoms with Crippen molar-refractivity contribution in [2.24, 2.45) is 0 Å². The fraction of sp³-hybridized carbons (Fsp3) is 0.409. The highest BCUT2D eigenvalue weighted by Gasteiger charge is 2.30. The summed E-state index contributed by atoms with van der Waals surface area (Å²) in [6.45, 7) is 2.88. The summed E-state index contributed by atoms with van der Waals surface area (Å²) >= 11 is 1.63. The number of fused-ring (bicyclic) bond motifs is 1. The van der Waals surface area contributed by atoms with E-state index in [9.17, 15) is 9.18 Å². The number of carbonyl (C=O) groups is 1. The maximum Gasteiger partial charge on any atom is 0.274 e. The van der Waals surface area contributed by atoms with Crippen LogP contribution in [0.1, 0.15) is 41.0 Å². The fourth-order valence-electron chi connectivity index (χ4n) is 4.37. The van der Waals surface area contributed by atoms with Gasteiger partial charge in [-0.2, -0.15) is 5.10 Å². The van der Waals surface area contributed by atoms with Gasteiger partial charge in [-0.25, -0.2) is 14.1 Å². The lowest BCUT2D eigenvalue weighted by atomic mass is 10.1. The quantitative estimate of drug-likeness (QED) is 0.601. The number of benzene rings is 1. The van der Waals surface area contributed by atoms with Crippen molar-refractivity contribution in [3.05, 3.63) is 58.6 Å². The lowest BCUT2D eigenvalue weighted by Gasteiger charge is -2.34. The zero-order chi connectivity index (χ0) is 20.5. The summed E-state index contributed by atoms with van der Waals surface area (Å²) in [5.74, 6) is -0.265. The van der Waals surface area contributed by atoms with E-state index in [2.05, 4.69) is 9.88 Å². The average molecular weight is 426 g/mol. The Hall–Kier alpha value is -2.74. The molecule has 1 aliphatic heterocycles. The average Bonchev–Trinajstić information content (AvgIpc) is 3.37. The molecule has 156 valence electrons. The summed E-state index contributed by atoms with van der Waals surface area (Å²) < 4.78 is 15.3. The molecule has 1 fully saturated rings. The van der Waals surface area contributed by atoms with Crippen molar-refractivity contribution in [1.29, 1.82) is 0 Å². The zero-order valence-corrected chi connectivity index (χ0v) is 17.6. The molecule has 1 amide bonds. The number of rotatable bonds is 3. The molecule has 0 N–H and O–H groups in total. The number of aromatic nitrogens is 3. The van der Waals surface area contributed by atoms with Crippen LogP contribution in [0.2, 0.25) is 0 Å². The van der Waals surface area contributed by atoms with Gasteiger partial charge in [0.15, 0.2) is 10.8 Å². The highest BCUT2D eigenvalue weighted by atomic mass is 32.1. The first-order chi connectivity index (χ1) is 14.7. The van der Waals surface area contributed by atoms with Gasteiger partial charge in [-0.05, 0) is 49.9 Å². The van der Waals surface area contributed by atoms with Crippen LogP contribution in [-0.4, -0.2) is 51.8 Å². The number of carbonyl (C=O) groups excluding carboxylic acids is 1. The minimum atomic E-state index is -0.272. The lowest BCUT2D eigenvalue weighted by Crippen LogP contribution is -2.49. The number of thiazole rings is 1. The molecule has 1 aromatic carbocycles. The van der Waals surface area contributed by atoms with Crippen LogP contribution in [0.25, 0.3) is 5.69 Å². The van der Waals surface area contributed by atoms with Gasteiger partial charge in [0.25, 0.3) is 5.91 Å². The Morgan fingerprint density at radius 3 is 2.50 bits per heavy atom. The van der Waals surface area contributed by atoms with Crippen molar-refractivity contribution in [2.75, 3.05) is 31.1 Å². The Morgan fingerprint density at radius 1 is 1.00 bits per heavy atom. The van der Waals surface area contributed by atoms with Crippen LogP contribution in [0.3, 0.4) is 0 Å². The molecule has 0 saturated carbocycles. The van der Waals surface area contributed by atoms with E-state index in [0.717, 1.165) is 67.3 Å². The van der Waals surface area contributed by atoms with Gasteiger partial charge in [-0.15, -0.1) is 11.3 Å². The van der Waals surface area contributed by atoms with Crippen LogP contribution in [0.15, 0.2) is 35.8 Å². The Kier molecular flexibility index (Phi) is 5.25. The van der Waals surface area contributed by atoms with Crippen molar-refractivity contribution in [1.82, 2.24) is 19.7 Å². The van der Waals surface area contributed by atoms with Gasteiger partial charge in [-0.3, -0.25) is 4.79 Å². The highest BCUT2D eigenvalue weighted by molar-refractivity contribution is 7.13. The van der Waals surface area contributed by atoms with Gasteiger partial charge in [0.05, 0.1) is 5.69 Å². The third kappa shape index (κ3) is 3.60. The molecule has 0 atom stereocenters. The molecule has 6 nitrogen and oxygen atoms in total. The smallest absolute Gasteiger partial charge is 0.274 e. The number of halogens is 1. The van der Waals surface area contributed by atoms with E-state index in [1.165, 1.54) is 12.1 Å². The van der Waals surface area contributed by atoms with Crippen LogP contribution in [0, 0.1) is 5.82 Å². The third-order valence-electron chi connectivity index (χ3n) is 5.96. The van der Waals surface area contributed by atoms with E-state index >= 15 is 0 Å². The number of piperazine rings is 1. The Labute approximate surface area is 178 Å². The van der Waals surface area contributed by atoms with Crippen molar-refractivity contribution in [3.63, 3.8) is 0 Å². The fourth-order valence-corrected chi connectivity index (χ4v) is 5.06. The first kappa shape index (κ1) is 19.2. The van der Waals surface area contributed by atoms with Crippen LogP contribution in [0.4, 0.5) is 9.52 Å².